The average molecular weight is 272 g/mol. The lowest BCUT2D eigenvalue weighted by molar-refractivity contribution is 0.0694. The standard InChI is InChI=1S/C11H20N4O2S/c1-4-6-12-11-15-14-10(18-11)9(16)13-7-8(3)17-5-2/h8H,4-7H2,1-3H3,(H,12,15)(H,13,16). The van der Waals surface area contributed by atoms with E-state index in [1.807, 2.05) is 13.8 Å². The number of hydrogen-bond acceptors (Lipinski definition) is 6. The maximum atomic E-state index is 11.8. The zero-order chi connectivity index (χ0) is 13.4. The van der Waals surface area contributed by atoms with E-state index in [2.05, 4.69) is 27.8 Å². The molecule has 1 aromatic heterocycles. The summed E-state index contributed by atoms with van der Waals surface area (Å²) in [6, 6.07) is 0. The predicted octanol–water partition coefficient (Wildman–Crippen LogP) is 1.51. The van der Waals surface area contributed by atoms with Crippen LogP contribution >= 0.6 is 11.3 Å². The number of rotatable bonds is 8. The molecule has 0 aromatic carbocycles. The number of hydrogen-bond donors (Lipinski definition) is 2. The third kappa shape index (κ3) is 4.97. The highest BCUT2D eigenvalue weighted by molar-refractivity contribution is 7.17. The van der Waals surface area contributed by atoms with Gasteiger partial charge in [0.25, 0.3) is 5.91 Å². The van der Waals surface area contributed by atoms with Gasteiger partial charge in [0.1, 0.15) is 0 Å². The van der Waals surface area contributed by atoms with Crippen LogP contribution in [0.15, 0.2) is 0 Å². The van der Waals surface area contributed by atoms with Crippen LogP contribution in [-0.4, -0.2) is 41.9 Å². The Balaban J connectivity index is 2.39. The third-order valence-corrected chi connectivity index (χ3v) is 3.03. The van der Waals surface area contributed by atoms with Crippen LogP contribution in [-0.2, 0) is 4.74 Å². The van der Waals surface area contributed by atoms with E-state index in [4.69, 9.17) is 4.74 Å². The molecule has 7 heteroatoms. The fraction of sp³-hybridized carbons (Fsp3) is 0.727. The Morgan fingerprint density at radius 2 is 2.22 bits per heavy atom. The summed E-state index contributed by atoms with van der Waals surface area (Å²) in [5.74, 6) is -0.205. The first-order chi connectivity index (χ1) is 8.67. The van der Waals surface area contributed by atoms with E-state index < -0.39 is 0 Å². The summed E-state index contributed by atoms with van der Waals surface area (Å²) in [5.41, 5.74) is 0. The van der Waals surface area contributed by atoms with Crippen LogP contribution in [0.2, 0.25) is 0 Å². The monoisotopic (exact) mass is 272 g/mol. The number of ether oxygens (including phenoxy) is 1. The molecule has 0 aliphatic rings. The fourth-order valence-corrected chi connectivity index (χ4v) is 1.96. The Bertz CT molecular complexity index is 370. The summed E-state index contributed by atoms with van der Waals surface area (Å²) in [4.78, 5) is 11.8. The summed E-state index contributed by atoms with van der Waals surface area (Å²) < 4.78 is 5.33. The molecule has 6 nitrogen and oxygen atoms in total. The van der Waals surface area contributed by atoms with Crippen LogP contribution in [0.3, 0.4) is 0 Å². The van der Waals surface area contributed by atoms with Crippen LogP contribution in [0, 0.1) is 0 Å². The van der Waals surface area contributed by atoms with Crippen molar-refractivity contribution in [2.75, 3.05) is 25.0 Å². The molecule has 1 aromatic rings. The number of carbonyl (C=O) groups is 1. The third-order valence-electron chi connectivity index (χ3n) is 2.15. The molecule has 1 rings (SSSR count). The van der Waals surface area contributed by atoms with E-state index in [9.17, 15) is 4.79 Å². The van der Waals surface area contributed by atoms with Crippen molar-refractivity contribution < 1.29 is 9.53 Å². The van der Waals surface area contributed by atoms with Crippen LogP contribution < -0.4 is 10.6 Å². The van der Waals surface area contributed by atoms with Crippen LogP contribution in [0.5, 0.6) is 0 Å². The largest absolute Gasteiger partial charge is 0.377 e. The molecule has 0 aliphatic heterocycles. The van der Waals surface area contributed by atoms with Gasteiger partial charge in [0.05, 0.1) is 6.10 Å². The molecule has 1 unspecified atom stereocenters. The second-order valence-electron chi connectivity index (χ2n) is 3.82. The van der Waals surface area contributed by atoms with E-state index in [1.165, 1.54) is 11.3 Å². The summed E-state index contributed by atoms with van der Waals surface area (Å²) in [7, 11) is 0. The smallest absolute Gasteiger partial charge is 0.282 e. The van der Waals surface area contributed by atoms with Crippen molar-refractivity contribution >= 4 is 22.4 Å². The first-order valence-corrected chi connectivity index (χ1v) is 6.96. The SMILES string of the molecule is CCCNc1nnc(C(=O)NCC(C)OCC)s1. The molecule has 0 saturated heterocycles. The van der Waals surface area contributed by atoms with Gasteiger partial charge in [0, 0.05) is 19.7 Å². The number of nitrogens with one attached hydrogen (secondary N) is 2. The molecular weight excluding hydrogens is 252 g/mol. The van der Waals surface area contributed by atoms with Crippen LogP contribution in [0.4, 0.5) is 5.13 Å². The molecule has 0 spiro atoms. The quantitative estimate of drug-likeness (QED) is 0.750. The Labute approximate surface area is 111 Å². The van der Waals surface area contributed by atoms with E-state index >= 15 is 0 Å². The minimum Gasteiger partial charge on any atom is -0.377 e. The second-order valence-corrected chi connectivity index (χ2v) is 4.79. The van der Waals surface area contributed by atoms with Gasteiger partial charge in [-0.15, -0.1) is 10.2 Å². The van der Waals surface area contributed by atoms with Gasteiger partial charge in [-0.1, -0.05) is 18.3 Å². The zero-order valence-corrected chi connectivity index (χ0v) is 11.8. The lowest BCUT2D eigenvalue weighted by atomic mass is 10.4. The minimum atomic E-state index is -0.205. The topological polar surface area (TPSA) is 76.1 Å². The van der Waals surface area contributed by atoms with Crippen molar-refractivity contribution in [1.29, 1.82) is 0 Å². The van der Waals surface area contributed by atoms with Gasteiger partial charge in [-0.05, 0) is 20.3 Å². The van der Waals surface area contributed by atoms with Gasteiger partial charge >= 0.3 is 0 Å². The van der Waals surface area contributed by atoms with E-state index in [0.717, 1.165) is 13.0 Å². The average Bonchev–Trinajstić information content (AvgIpc) is 2.82. The van der Waals surface area contributed by atoms with E-state index in [-0.39, 0.29) is 12.0 Å². The minimum absolute atomic E-state index is 0.00422. The Morgan fingerprint density at radius 1 is 1.44 bits per heavy atom. The first-order valence-electron chi connectivity index (χ1n) is 6.14. The van der Waals surface area contributed by atoms with Crippen molar-refractivity contribution in [2.45, 2.75) is 33.3 Å². The zero-order valence-electron chi connectivity index (χ0n) is 11.0. The van der Waals surface area contributed by atoms with Crippen molar-refractivity contribution in [3.8, 4) is 0 Å². The number of anilines is 1. The molecule has 0 bridgehead atoms. The summed E-state index contributed by atoms with van der Waals surface area (Å²) in [5, 5.41) is 14.7. The maximum absolute atomic E-state index is 11.8. The lowest BCUT2D eigenvalue weighted by Crippen LogP contribution is -2.32. The molecule has 102 valence electrons. The van der Waals surface area contributed by atoms with Crippen molar-refractivity contribution in [3.05, 3.63) is 5.01 Å². The highest BCUT2D eigenvalue weighted by Crippen LogP contribution is 2.14. The number of aromatic nitrogens is 2. The number of amides is 1. The normalized spacial score (nSPS) is 12.2. The molecule has 2 N–H and O–H groups in total. The van der Waals surface area contributed by atoms with Crippen molar-refractivity contribution in [1.82, 2.24) is 15.5 Å². The molecule has 18 heavy (non-hydrogen) atoms. The Kier molecular flexibility index (Phi) is 6.59. The van der Waals surface area contributed by atoms with E-state index in [0.29, 0.717) is 23.3 Å². The van der Waals surface area contributed by atoms with Crippen LogP contribution in [0.25, 0.3) is 0 Å². The second kappa shape index (κ2) is 7.99. The molecule has 0 saturated carbocycles. The molecule has 1 atom stereocenters. The molecule has 0 radical (unpaired) electrons. The molecule has 0 fully saturated rings. The van der Waals surface area contributed by atoms with E-state index in [1.54, 1.807) is 0 Å². The maximum Gasteiger partial charge on any atom is 0.282 e. The molecular formula is C11H20N4O2S. The van der Waals surface area contributed by atoms with Crippen LogP contribution in [0.1, 0.15) is 37.0 Å². The molecule has 1 amide bonds. The summed E-state index contributed by atoms with van der Waals surface area (Å²) in [6.07, 6.45) is 1.01. The summed E-state index contributed by atoms with van der Waals surface area (Å²) in [6.45, 7) is 7.85. The van der Waals surface area contributed by atoms with Crippen molar-refractivity contribution in [2.24, 2.45) is 0 Å². The molecule has 1 heterocycles. The van der Waals surface area contributed by atoms with Gasteiger partial charge in [-0.3, -0.25) is 4.79 Å². The highest BCUT2D eigenvalue weighted by Gasteiger charge is 2.13. The van der Waals surface area contributed by atoms with Gasteiger partial charge in [0.15, 0.2) is 0 Å². The van der Waals surface area contributed by atoms with Gasteiger partial charge in [-0.2, -0.15) is 0 Å². The van der Waals surface area contributed by atoms with Gasteiger partial charge < -0.3 is 15.4 Å². The molecule has 0 aliphatic carbocycles. The first kappa shape index (κ1) is 14.8. The summed E-state index contributed by atoms with van der Waals surface area (Å²) >= 11 is 1.26. The van der Waals surface area contributed by atoms with Gasteiger partial charge in [-0.25, -0.2) is 0 Å². The predicted molar refractivity (Wildman–Crippen MR) is 72.1 cm³/mol. The van der Waals surface area contributed by atoms with Crippen molar-refractivity contribution in [3.63, 3.8) is 0 Å². The Hall–Kier alpha value is -1.21. The number of carbonyl (C=O) groups excluding carboxylic acids is 1. The highest BCUT2D eigenvalue weighted by atomic mass is 32.1. The Morgan fingerprint density at radius 3 is 2.89 bits per heavy atom. The van der Waals surface area contributed by atoms with Gasteiger partial charge in [0.2, 0.25) is 10.1 Å². The lowest BCUT2D eigenvalue weighted by Gasteiger charge is -2.11. The fourth-order valence-electron chi connectivity index (χ4n) is 1.27. The number of nitrogens with zero attached hydrogens (tertiary/aromatic N) is 2.